The van der Waals surface area contributed by atoms with E-state index in [9.17, 15) is 4.79 Å². The van der Waals surface area contributed by atoms with E-state index in [4.69, 9.17) is 5.26 Å². The summed E-state index contributed by atoms with van der Waals surface area (Å²) in [6, 6.07) is 2.18. The number of hydrogen-bond donors (Lipinski definition) is 1. The maximum atomic E-state index is 10.9. The highest BCUT2D eigenvalue weighted by Crippen LogP contribution is 2.10. The Labute approximate surface area is 66.4 Å². The lowest BCUT2D eigenvalue weighted by atomic mass is 10.1. The molecule has 0 saturated carbocycles. The minimum absolute atomic E-state index is 0.0998. The van der Waals surface area contributed by atoms with Gasteiger partial charge in [-0.15, -0.1) is 0 Å². The molecule has 0 radical (unpaired) electrons. The fraction of sp³-hybridized carbons (Fsp3) is 0.750. The van der Waals surface area contributed by atoms with E-state index in [-0.39, 0.29) is 11.9 Å². The van der Waals surface area contributed by atoms with Gasteiger partial charge in [-0.25, -0.2) is 0 Å². The van der Waals surface area contributed by atoms with E-state index in [0.717, 1.165) is 19.3 Å². The Morgan fingerprint density at radius 2 is 2.45 bits per heavy atom. The molecule has 1 aliphatic heterocycles. The van der Waals surface area contributed by atoms with Crippen LogP contribution in [0.3, 0.4) is 0 Å². The summed E-state index contributed by atoms with van der Waals surface area (Å²) in [6.07, 6.45) is 4.06. The average Bonchev–Trinajstić information content (AvgIpc) is 2.15. The molecule has 11 heavy (non-hydrogen) atoms. The van der Waals surface area contributed by atoms with Gasteiger partial charge in [0.25, 0.3) is 0 Å². The molecule has 1 saturated heterocycles. The summed E-state index contributed by atoms with van der Waals surface area (Å²) in [6.45, 7) is 0. The SMILES string of the molecule is N#CC[C@H]1CCCCC(=O)N1. The van der Waals surface area contributed by atoms with Crippen LogP contribution in [0.25, 0.3) is 0 Å². The summed E-state index contributed by atoms with van der Waals surface area (Å²) in [7, 11) is 0. The minimum Gasteiger partial charge on any atom is -0.352 e. The molecule has 1 aliphatic rings. The fourth-order valence-corrected chi connectivity index (χ4v) is 1.31. The predicted molar refractivity (Wildman–Crippen MR) is 40.6 cm³/mol. The van der Waals surface area contributed by atoms with E-state index in [1.165, 1.54) is 0 Å². The second-order valence-electron chi connectivity index (χ2n) is 2.87. The van der Waals surface area contributed by atoms with Gasteiger partial charge in [0.1, 0.15) is 0 Å². The van der Waals surface area contributed by atoms with Gasteiger partial charge >= 0.3 is 0 Å². The van der Waals surface area contributed by atoms with Crippen LogP contribution >= 0.6 is 0 Å². The summed E-state index contributed by atoms with van der Waals surface area (Å²) in [5.74, 6) is 0.0998. The summed E-state index contributed by atoms with van der Waals surface area (Å²) in [5.41, 5.74) is 0. The Balaban J connectivity index is 2.40. The van der Waals surface area contributed by atoms with Gasteiger partial charge in [0, 0.05) is 12.5 Å². The Morgan fingerprint density at radius 1 is 1.64 bits per heavy atom. The third-order valence-electron chi connectivity index (χ3n) is 1.91. The summed E-state index contributed by atoms with van der Waals surface area (Å²) in [4.78, 5) is 10.9. The van der Waals surface area contributed by atoms with Crippen molar-refractivity contribution in [2.24, 2.45) is 0 Å². The van der Waals surface area contributed by atoms with Crippen LogP contribution < -0.4 is 5.32 Å². The quantitative estimate of drug-likeness (QED) is 0.608. The zero-order valence-corrected chi connectivity index (χ0v) is 6.47. The van der Waals surface area contributed by atoms with Crippen LogP contribution in [0.15, 0.2) is 0 Å². The minimum atomic E-state index is 0.0998. The molecule has 1 atom stereocenters. The molecule has 0 aromatic rings. The number of rotatable bonds is 1. The normalized spacial score (nSPS) is 25.0. The molecule has 0 aromatic heterocycles. The van der Waals surface area contributed by atoms with Crippen molar-refractivity contribution in [2.45, 2.75) is 38.1 Å². The van der Waals surface area contributed by atoms with Gasteiger partial charge in [0.15, 0.2) is 0 Å². The summed E-state index contributed by atoms with van der Waals surface area (Å²) >= 11 is 0. The van der Waals surface area contributed by atoms with Crippen LogP contribution in [-0.2, 0) is 4.79 Å². The molecule has 0 aromatic carbocycles. The molecular formula is C8H12N2O. The lowest BCUT2D eigenvalue weighted by Crippen LogP contribution is -2.32. The number of nitrogens with one attached hydrogen (secondary N) is 1. The second kappa shape index (κ2) is 3.97. The summed E-state index contributed by atoms with van der Waals surface area (Å²) in [5, 5.41) is 11.2. The van der Waals surface area contributed by atoms with Crippen molar-refractivity contribution in [1.29, 1.82) is 5.26 Å². The second-order valence-corrected chi connectivity index (χ2v) is 2.87. The Bertz CT molecular complexity index is 183. The van der Waals surface area contributed by atoms with Gasteiger partial charge in [-0.2, -0.15) is 5.26 Å². The topological polar surface area (TPSA) is 52.9 Å². The van der Waals surface area contributed by atoms with E-state index >= 15 is 0 Å². The van der Waals surface area contributed by atoms with Crippen LogP contribution in [-0.4, -0.2) is 11.9 Å². The maximum absolute atomic E-state index is 10.9. The van der Waals surface area contributed by atoms with Crippen molar-refractivity contribution in [3.05, 3.63) is 0 Å². The van der Waals surface area contributed by atoms with E-state index in [2.05, 4.69) is 11.4 Å². The van der Waals surface area contributed by atoms with Crippen molar-refractivity contribution < 1.29 is 4.79 Å². The molecule has 0 aliphatic carbocycles. The van der Waals surface area contributed by atoms with Gasteiger partial charge in [0.2, 0.25) is 5.91 Å². The zero-order chi connectivity index (χ0) is 8.10. The molecule has 1 N–H and O–H groups in total. The number of nitriles is 1. The fourth-order valence-electron chi connectivity index (χ4n) is 1.31. The lowest BCUT2D eigenvalue weighted by molar-refractivity contribution is -0.121. The van der Waals surface area contributed by atoms with Crippen LogP contribution in [0.5, 0.6) is 0 Å². The van der Waals surface area contributed by atoms with E-state index in [1.54, 1.807) is 0 Å². The molecular weight excluding hydrogens is 140 g/mol. The first-order valence-electron chi connectivity index (χ1n) is 3.99. The van der Waals surface area contributed by atoms with Crippen molar-refractivity contribution in [3.63, 3.8) is 0 Å². The highest BCUT2D eigenvalue weighted by atomic mass is 16.1. The lowest BCUT2D eigenvalue weighted by Gasteiger charge is -2.10. The molecule has 3 heteroatoms. The van der Waals surface area contributed by atoms with Crippen molar-refractivity contribution in [1.82, 2.24) is 5.32 Å². The number of carbonyl (C=O) groups excluding carboxylic acids is 1. The summed E-state index contributed by atoms with van der Waals surface area (Å²) < 4.78 is 0. The predicted octanol–water partition coefficient (Wildman–Crippen LogP) is 0.959. The van der Waals surface area contributed by atoms with Gasteiger partial charge in [-0.05, 0) is 12.8 Å². The third-order valence-corrected chi connectivity index (χ3v) is 1.91. The van der Waals surface area contributed by atoms with E-state index in [0.29, 0.717) is 12.8 Å². The van der Waals surface area contributed by atoms with Crippen molar-refractivity contribution in [3.8, 4) is 6.07 Å². The maximum Gasteiger partial charge on any atom is 0.220 e. The number of hydrogen-bond acceptors (Lipinski definition) is 2. The van der Waals surface area contributed by atoms with Crippen molar-refractivity contribution >= 4 is 5.91 Å². The van der Waals surface area contributed by atoms with E-state index < -0.39 is 0 Å². The molecule has 1 amide bonds. The van der Waals surface area contributed by atoms with Gasteiger partial charge in [-0.3, -0.25) is 4.79 Å². The molecule has 0 spiro atoms. The van der Waals surface area contributed by atoms with Gasteiger partial charge < -0.3 is 5.32 Å². The number of amides is 1. The van der Waals surface area contributed by atoms with Crippen LogP contribution in [0.4, 0.5) is 0 Å². The van der Waals surface area contributed by atoms with Crippen LogP contribution in [0.1, 0.15) is 32.1 Å². The van der Waals surface area contributed by atoms with Crippen LogP contribution in [0, 0.1) is 11.3 Å². The molecule has 1 rings (SSSR count). The first kappa shape index (κ1) is 8.06. The highest BCUT2D eigenvalue weighted by molar-refractivity contribution is 5.76. The number of nitrogens with zero attached hydrogens (tertiary/aromatic N) is 1. The number of carbonyl (C=O) groups is 1. The monoisotopic (exact) mass is 152 g/mol. The molecule has 1 fully saturated rings. The zero-order valence-electron chi connectivity index (χ0n) is 6.47. The Hall–Kier alpha value is -1.04. The first-order valence-corrected chi connectivity index (χ1v) is 3.99. The molecule has 60 valence electrons. The van der Waals surface area contributed by atoms with Crippen molar-refractivity contribution in [2.75, 3.05) is 0 Å². The third kappa shape index (κ3) is 2.58. The highest BCUT2D eigenvalue weighted by Gasteiger charge is 2.15. The molecule has 0 unspecified atom stereocenters. The molecule has 3 nitrogen and oxygen atoms in total. The largest absolute Gasteiger partial charge is 0.352 e. The molecule has 0 bridgehead atoms. The Kier molecular flexibility index (Phi) is 2.91. The van der Waals surface area contributed by atoms with Crippen LogP contribution in [0.2, 0.25) is 0 Å². The average molecular weight is 152 g/mol. The Morgan fingerprint density at radius 3 is 3.18 bits per heavy atom. The smallest absolute Gasteiger partial charge is 0.220 e. The van der Waals surface area contributed by atoms with E-state index in [1.807, 2.05) is 0 Å². The standard InChI is InChI=1S/C8H12N2O/c9-6-5-7-3-1-2-4-8(11)10-7/h7H,1-5H2,(H,10,11)/t7-/m1/s1. The molecule has 1 heterocycles. The van der Waals surface area contributed by atoms with Gasteiger partial charge in [-0.1, -0.05) is 6.42 Å². The van der Waals surface area contributed by atoms with Gasteiger partial charge in [0.05, 0.1) is 12.5 Å². The first-order chi connectivity index (χ1) is 5.33.